The van der Waals surface area contributed by atoms with E-state index in [0.717, 1.165) is 28.8 Å². The Morgan fingerprint density at radius 3 is 2.57 bits per heavy atom. The molecule has 0 aliphatic heterocycles. The second-order valence-electron chi connectivity index (χ2n) is 4.96. The van der Waals surface area contributed by atoms with Gasteiger partial charge in [-0.15, -0.1) is 0 Å². The van der Waals surface area contributed by atoms with E-state index in [1.165, 1.54) is 5.56 Å². The first-order valence-electron chi connectivity index (χ1n) is 7.06. The molecule has 0 spiro atoms. The molecule has 3 nitrogen and oxygen atoms in total. The summed E-state index contributed by atoms with van der Waals surface area (Å²) in [7, 11) is 1.95. The van der Waals surface area contributed by atoms with Crippen molar-refractivity contribution in [3.05, 3.63) is 71.9 Å². The van der Waals surface area contributed by atoms with Crippen LogP contribution in [0.15, 0.2) is 60.8 Å². The van der Waals surface area contributed by atoms with Crippen LogP contribution >= 0.6 is 0 Å². The lowest BCUT2D eigenvalue weighted by atomic mass is 10.1. The van der Waals surface area contributed by atoms with Crippen molar-refractivity contribution in [2.75, 3.05) is 7.05 Å². The van der Waals surface area contributed by atoms with E-state index in [2.05, 4.69) is 34.6 Å². The number of hydrogen-bond donors (Lipinski definition) is 1. The number of nitrogens with zero attached hydrogens (tertiary/aromatic N) is 1. The van der Waals surface area contributed by atoms with Gasteiger partial charge in [0.2, 0.25) is 0 Å². The van der Waals surface area contributed by atoms with E-state index in [4.69, 9.17) is 4.74 Å². The molecule has 0 atom stereocenters. The van der Waals surface area contributed by atoms with E-state index in [-0.39, 0.29) is 0 Å². The Labute approximate surface area is 124 Å². The Morgan fingerprint density at radius 2 is 1.76 bits per heavy atom. The molecule has 3 heteroatoms. The van der Waals surface area contributed by atoms with E-state index in [0.29, 0.717) is 6.61 Å². The molecule has 1 aromatic heterocycles. The lowest BCUT2D eigenvalue weighted by Crippen LogP contribution is -2.05. The van der Waals surface area contributed by atoms with Gasteiger partial charge in [0.1, 0.15) is 12.4 Å². The number of hydrogen-bond acceptors (Lipinski definition) is 3. The van der Waals surface area contributed by atoms with Crippen LogP contribution in [0.4, 0.5) is 0 Å². The quantitative estimate of drug-likeness (QED) is 0.775. The third-order valence-corrected chi connectivity index (χ3v) is 3.40. The minimum atomic E-state index is 0.563. The van der Waals surface area contributed by atoms with Crippen LogP contribution in [0.1, 0.15) is 11.1 Å². The number of fused-ring (bicyclic) bond motifs is 1. The maximum absolute atomic E-state index is 5.95. The summed E-state index contributed by atoms with van der Waals surface area (Å²) in [4.78, 5) is 4.34. The van der Waals surface area contributed by atoms with Crippen molar-refractivity contribution in [1.29, 1.82) is 0 Å². The highest BCUT2D eigenvalue weighted by Crippen LogP contribution is 2.24. The molecule has 0 aliphatic carbocycles. The average molecular weight is 278 g/mol. The summed E-state index contributed by atoms with van der Waals surface area (Å²) in [5.41, 5.74) is 3.39. The van der Waals surface area contributed by atoms with Crippen molar-refractivity contribution in [1.82, 2.24) is 10.3 Å². The first kappa shape index (κ1) is 13.6. The fourth-order valence-corrected chi connectivity index (χ4v) is 2.32. The molecule has 1 N–H and O–H groups in total. The van der Waals surface area contributed by atoms with Gasteiger partial charge in [-0.25, -0.2) is 0 Å². The average Bonchev–Trinajstić information content (AvgIpc) is 2.54. The van der Waals surface area contributed by atoms with Gasteiger partial charge >= 0.3 is 0 Å². The lowest BCUT2D eigenvalue weighted by Gasteiger charge is -2.09. The summed E-state index contributed by atoms with van der Waals surface area (Å²) in [6, 6.07) is 18.4. The van der Waals surface area contributed by atoms with Gasteiger partial charge in [-0.1, -0.05) is 30.3 Å². The van der Waals surface area contributed by atoms with Crippen LogP contribution in [0.5, 0.6) is 5.75 Å². The molecule has 0 saturated heterocycles. The van der Waals surface area contributed by atoms with Gasteiger partial charge in [-0.3, -0.25) is 4.98 Å². The third-order valence-electron chi connectivity index (χ3n) is 3.40. The molecule has 0 amide bonds. The smallest absolute Gasteiger partial charge is 0.129 e. The van der Waals surface area contributed by atoms with Crippen molar-refractivity contribution in [2.45, 2.75) is 13.2 Å². The van der Waals surface area contributed by atoms with Gasteiger partial charge in [0.15, 0.2) is 0 Å². The fraction of sp³-hybridized carbons (Fsp3) is 0.167. The highest BCUT2D eigenvalue weighted by Gasteiger charge is 2.02. The molecular formula is C18H18N2O. The van der Waals surface area contributed by atoms with E-state index in [1.54, 1.807) is 6.20 Å². The Balaban J connectivity index is 1.74. The number of benzene rings is 2. The molecule has 2 aromatic carbocycles. The van der Waals surface area contributed by atoms with Crippen molar-refractivity contribution >= 4 is 10.9 Å². The summed E-state index contributed by atoms with van der Waals surface area (Å²) in [5, 5.41) is 4.19. The van der Waals surface area contributed by atoms with Crippen LogP contribution in [0.3, 0.4) is 0 Å². The van der Waals surface area contributed by atoms with Crippen molar-refractivity contribution in [2.24, 2.45) is 0 Å². The summed E-state index contributed by atoms with van der Waals surface area (Å²) < 4.78 is 5.95. The van der Waals surface area contributed by atoms with Crippen LogP contribution < -0.4 is 10.1 Å². The summed E-state index contributed by atoms with van der Waals surface area (Å²) in [6.45, 7) is 1.45. The highest BCUT2D eigenvalue weighted by molar-refractivity contribution is 5.84. The SMILES string of the molecule is CNCc1ccc(COc2cccc3ncccc23)cc1. The monoisotopic (exact) mass is 278 g/mol. The summed E-state index contributed by atoms with van der Waals surface area (Å²) in [6.07, 6.45) is 1.80. The molecule has 0 bridgehead atoms. The van der Waals surface area contributed by atoms with Gasteiger partial charge in [-0.05, 0) is 42.4 Å². The van der Waals surface area contributed by atoms with Crippen molar-refractivity contribution < 1.29 is 4.74 Å². The number of pyridine rings is 1. The first-order valence-corrected chi connectivity index (χ1v) is 7.06. The zero-order valence-corrected chi connectivity index (χ0v) is 12.0. The molecule has 0 fully saturated rings. The van der Waals surface area contributed by atoms with Gasteiger partial charge in [0, 0.05) is 18.1 Å². The molecule has 106 valence electrons. The molecule has 3 rings (SSSR count). The standard InChI is InChI=1S/C18H18N2O/c1-19-12-14-7-9-15(10-8-14)13-21-18-6-2-5-17-16(18)4-3-11-20-17/h2-11,19H,12-13H2,1H3. The van der Waals surface area contributed by atoms with Gasteiger partial charge in [0.05, 0.1) is 5.52 Å². The van der Waals surface area contributed by atoms with Crippen molar-refractivity contribution in [3.63, 3.8) is 0 Å². The maximum atomic E-state index is 5.95. The van der Waals surface area contributed by atoms with E-state index < -0.39 is 0 Å². The maximum Gasteiger partial charge on any atom is 0.129 e. The van der Waals surface area contributed by atoms with E-state index >= 15 is 0 Å². The normalized spacial score (nSPS) is 10.7. The van der Waals surface area contributed by atoms with Gasteiger partial charge in [0.25, 0.3) is 0 Å². The minimum Gasteiger partial charge on any atom is -0.488 e. The number of nitrogens with one attached hydrogen (secondary N) is 1. The largest absolute Gasteiger partial charge is 0.488 e. The molecule has 0 saturated carbocycles. The van der Waals surface area contributed by atoms with E-state index in [9.17, 15) is 0 Å². The molecular weight excluding hydrogens is 260 g/mol. The second kappa shape index (κ2) is 6.37. The summed E-state index contributed by atoms with van der Waals surface area (Å²) in [5.74, 6) is 0.875. The Morgan fingerprint density at radius 1 is 0.952 bits per heavy atom. The van der Waals surface area contributed by atoms with Crippen molar-refractivity contribution in [3.8, 4) is 5.75 Å². The van der Waals surface area contributed by atoms with Crippen LogP contribution in [-0.4, -0.2) is 12.0 Å². The predicted molar refractivity (Wildman–Crippen MR) is 85.3 cm³/mol. The zero-order chi connectivity index (χ0) is 14.5. The third kappa shape index (κ3) is 3.20. The van der Waals surface area contributed by atoms with Crippen LogP contribution in [0.25, 0.3) is 10.9 Å². The van der Waals surface area contributed by atoms with Gasteiger partial charge in [-0.2, -0.15) is 0 Å². The fourth-order valence-electron chi connectivity index (χ4n) is 2.32. The van der Waals surface area contributed by atoms with Crippen LogP contribution in [0.2, 0.25) is 0 Å². The lowest BCUT2D eigenvalue weighted by molar-refractivity contribution is 0.310. The molecule has 0 radical (unpaired) electrons. The Hall–Kier alpha value is -2.39. The zero-order valence-electron chi connectivity index (χ0n) is 12.0. The topological polar surface area (TPSA) is 34.1 Å². The molecule has 3 aromatic rings. The Bertz CT molecular complexity index is 717. The molecule has 0 aliphatic rings. The molecule has 0 unspecified atom stereocenters. The van der Waals surface area contributed by atoms with E-state index in [1.807, 2.05) is 37.4 Å². The number of rotatable bonds is 5. The first-order chi connectivity index (χ1) is 10.4. The predicted octanol–water partition coefficient (Wildman–Crippen LogP) is 3.53. The summed E-state index contributed by atoms with van der Waals surface area (Å²) >= 11 is 0. The van der Waals surface area contributed by atoms with Crippen LogP contribution in [0, 0.1) is 0 Å². The Kier molecular flexibility index (Phi) is 4.12. The highest BCUT2D eigenvalue weighted by atomic mass is 16.5. The second-order valence-corrected chi connectivity index (χ2v) is 4.96. The van der Waals surface area contributed by atoms with Crippen LogP contribution in [-0.2, 0) is 13.2 Å². The number of ether oxygens (including phenoxy) is 1. The molecule has 21 heavy (non-hydrogen) atoms. The van der Waals surface area contributed by atoms with Gasteiger partial charge < -0.3 is 10.1 Å². The number of aromatic nitrogens is 1. The minimum absolute atomic E-state index is 0.563. The molecule has 1 heterocycles.